The zero-order valence-electron chi connectivity index (χ0n) is 15.1. The first-order valence-electron chi connectivity index (χ1n) is 9.55. The van der Waals surface area contributed by atoms with Crippen LogP contribution in [0.3, 0.4) is 0 Å². The van der Waals surface area contributed by atoms with Crippen molar-refractivity contribution in [2.75, 3.05) is 26.2 Å². The van der Waals surface area contributed by atoms with Crippen molar-refractivity contribution in [3.63, 3.8) is 0 Å². The van der Waals surface area contributed by atoms with Crippen LogP contribution in [0.5, 0.6) is 0 Å². The number of fused-ring (bicyclic) bond motifs is 4. The molecule has 2 N–H and O–H groups in total. The van der Waals surface area contributed by atoms with Gasteiger partial charge in [-0.2, -0.15) is 0 Å². The number of nitrogens with zero attached hydrogens (tertiary/aromatic N) is 2. The van der Waals surface area contributed by atoms with Crippen molar-refractivity contribution in [1.29, 1.82) is 0 Å². The zero-order chi connectivity index (χ0) is 17.9. The van der Waals surface area contributed by atoms with Crippen molar-refractivity contribution < 1.29 is 5.11 Å². The number of hydrogen-bond donors (Lipinski definition) is 2. The molecule has 5 heteroatoms. The molecule has 26 heavy (non-hydrogen) atoms. The van der Waals surface area contributed by atoms with Crippen molar-refractivity contribution in [3.05, 3.63) is 69.6 Å². The molecule has 2 aliphatic heterocycles. The minimum atomic E-state index is 0.0922. The van der Waals surface area contributed by atoms with Crippen LogP contribution < -0.4 is 10.9 Å². The molecule has 2 bridgehead atoms. The second kappa shape index (κ2) is 7.74. The molecule has 1 aromatic carbocycles. The molecule has 3 heterocycles. The van der Waals surface area contributed by atoms with Crippen molar-refractivity contribution in [1.82, 2.24) is 14.8 Å². The quantitative estimate of drug-likeness (QED) is 0.827. The Morgan fingerprint density at radius 1 is 1.12 bits per heavy atom. The van der Waals surface area contributed by atoms with Gasteiger partial charge in [-0.05, 0) is 30.5 Å². The third kappa shape index (κ3) is 3.61. The van der Waals surface area contributed by atoms with E-state index in [1.807, 2.05) is 28.8 Å². The van der Waals surface area contributed by atoms with Crippen LogP contribution in [0, 0.1) is 5.92 Å². The standard InChI is InChI=1S/C21H27N3O2/c25-9-8-23(13-16-4-2-1-3-5-16)15-18-6-7-20-19-10-17(11-22-12-19)14-24(20)21(18)26/h1-7,17,19,22,25H,8-15H2/t17-,19+/m0/s1. The molecule has 0 spiro atoms. The van der Waals surface area contributed by atoms with Crippen LogP contribution in [0.4, 0.5) is 0 Å². The Morgan fingerprint density at radius 2 is 1.96 bits per heavy atom. The average Bonchev–Trinajstić information content (AvgIpc) is 2.66. The highest BCUT2D eigenvalue weighted by molar-refractivity contribution is 5.22. The van der Waals surface area contributed by atoms with Crippen LogP contribution in [-0.2, 0) is 19.6 Å². The monoisotopic (exact) mass is 353 g/mol. The number of aromatic nitrogens is 1. The Morgan fingerprint density at radius 3 is 2.77 bits per heavy atom. The molecule has 0 unspecified atom stereocenters. The maximum absolute atomic E-state index is 13.1. The van der Waals surface area contributed by atoms with Gasteiger partial charge in [0, 0.05) is 49.9 Å². The van der Waals surface area contributed by atoms with Gasteiger partial charge in [0.1, 0.15) is 0 Å². The van der Waals surface area contributed by atoms with E-state index in [-0.39, 0.29) is 12.2 Å². The number of rotatable bonds is 6. The van der Waals surface area contributed by atoms with Crippen LogP contribution in [0.15, 0.2) is 47.3 Å². The summed E-state index contributed by atoms with van der Waals surface area (Å²) in [4.78, 5) is 15.2. The first-order chi connectivity index (χ1) is 12.7. The average molecular weight is 353 g/mol. The van der Waals surface area contributed by atoms with Gasteiger partial charge in [-0.15, -0.1) is 0 Å². The molecule has 2 aliphatic rings. The van der Waals surface area contributed by atoms with Gasteiger partial charge in [-0.25, -0.2) is 0 Å². The molecule has 5 nitrogen and oxygen atoms in total. The summed E-state index contributed by atoms with van der Waals surface area (Å²) in [6, 6.07) is 14.3. The van der Waals surface area contributed by atoms with E-state index in [2.05, 4.69) is 28.4 Å². The fraction of sp³-hybridized carbons (Fsp3) is 0.476. The summed E-state index contributed by atoms with van der Waals surface area (Å²) in [6.07, 6.45) is 1.19. The Labute approximate surface area is 154 Å². The van der Waals surface area contributed by atoms with Gasteiger partial charge >= 0.3 is 0 Å². The van der Waals surface area contributed by atoms with Crippen LogP contribution in [-0.4, -0.2) is 40.8 Å². The summed E-state index contributed by atoms with van der Waals surface area (Å²) in [5.41, 5.74) is 3.35. The molecule has 0 saturated carbocycles. The van der Waals surface area contributed by atoms with E-state index in [0.717, 1.165) is 31.7 Å². The van der Waals surface area contributed by atoms with E-state index in [1.54, 1.807) is 0 Å². The first-order valence-corrected chi connectivity index (χ1v) is 9.55. The minimum absolute atomic E-state index is 0.0922. The predicted molar refractivity (Wildman–Crippen MR) is 102 cm³/mol. The van der Waals surface area contributed by atoms with E-state index in [4.69, 9.17) is 0 Å². The van der Waals surface area contributed by atoms with Gasteiger partial charge in [0.05, 0.1) is 6.61 Å². The van der Waals surface area contributed by atoms with E-state index in [0.29, 0.717) is 24.9 Å². The van der Waals surface area contributed by atoms with Gasteiger partial charge in [0.2, 0.25) is 0 Å². The molecule has 138 valence electrons. The lowest BCUT2D eigenvalue weighted by Gasteiger charge is -2.37. The summed E-state index contributed by atoms with van der Waals surface area (Å²) in [6.45, 7) is 4.77. The molecule has 4 rings (SSSR count). The topological polar surface area (TPSA) is 57.5 Å². The number of piperidine rings is 1. The fourth-order valence-electron chi connectivity index (χ4n) is 4.39. The Balaban J connectivity index is 1.57. The van der Waals surface area contributed by atoms with E-state index >= 15 is 0 Å². The van der Waals surface area contributed by atoms with Gasteiger partial charge in [-0.3, -0.25) is 9.69 Å². The molecular formula is C21H27N3O2. The number of benzene rings is 1. The number of hydrogen-bond acceptors (Lipinski definition) is 4. The predicted octanol–water partition coefficient (Wildman–Crippen LogP) is 1.55. The van der Waals surface area contributed by atoms with Crippen LogP contribution in [0.25, 0.3) is 0 Å². The van der Waals surface area contributed by atoms with Crippen molar-refractivity contribution >= 4 is 0 Å². The van der Waals surface area contributed by atoms with Crippen LogP contribution in [0.1, 0.15) is 29.2 Å². The third-order valence-electron chi connectivity index (χ3n) is 5.65. The summed E-state index contributed by atoms with van der Waals surface area (Å²) in [5, 5.41) is 12.9. The van der Waals surface area contributed by atoms with Gasteiger partial charge in [0.25, 0.3) is 5.56 Å². The minimum Gasteiger partial charge on any atom is -0.395 e. The van der Waals surface area contributed by atoms with Gasteiger partial charge in [0.15, 0.2) is 0 Å². The van der Waals surface area contributed by atoms with Crippen molar-refractivity contribution in [2.45, 2.75) is 32.0 Å². The van der Waals surface area contributed by atoms with Gasteiger partial charge in [-0.1, -0.05) is 36.4 Å². The summed E-state index contributed by atoms with van der Waals surface area (Å²) >= 11 is 0. The summed E-state index contributed by atoms with van der Waals surface area (Å²) in [5.74, 6) is 1.02. The smallest absolute Gasteiger partial charge is 0.255 e. The molecule has 1 aromatic heterocycles. The van der Waals surface area contributed by atoms with Crippen molar-refractivity contribution in [2.24, 2.45) is 5.92 Å². The van der Waals surface area contributed by atoms with Crippen molar-refractivity contribution in [3.8, 4) is 0 Å². The Bertz CT molecular complexity index is 803. The second-order valence-electron chi connectivity index (χ2n) is 7.58. The molecule has 0 aliphatic carbocycles. The van der Waals surface area contributed by atoms with E-state index in [9.17, 15) is 9.90 Å². The van der Waals surface area contributed by atoms with Crippen LogP contribution in [0.2, 0.25) is 0 Å². The van der Waals surface area contributed by atoms with E-state index < -0.39 is 0 Å². The number of aliphatic hydroxyl groups excluding tert-OH is 1. The second-order valence-corrected chi connectivity index (χ2v) is 7.58. The lowest BCUT2D eigenvalue weighted by molar-refractivity contribution is 0.183. The molecule has 2 atom stereocenters. The zero-order valence-corrected chi connectivity index (χ0v) is 15.1. The van der Waals surface area contributed by atoms with Crippen LogP contribution >= 0.6 is 0 Å². The SMILES string of the molecule is O=c1c(CN(CCO)Cc2ccccc2)ccc2n1C[C@@H]1CNC[C@H]2C1. The van der Waals surface area contributed by atoms with Gasteiger partial charge < -0.3 is 15.0 Å². The highest BCUT2D eigenvalue weighted by Crippen LogP contribution is 2.31. The lowest BCUT2D eigenvalue weighted by Crippen LogP contribution is -2.45. The normalized spacial score (nSPS) is 21.6. The molecule has 0 amide bonds. The lowest BCUT2D eigenvalue weighted by atomic mass is 9.84. The fourth-order valence-corrected chi connectivity index (χ4v) is 4.39. The Kier molecular flexibility index (Phi) is 5.20. The molecule has 0 radical (unpaired) electrons. The molecular weight excluding hydrogens is 326 g/mol. The third-order valence-corrected chi connectivity index (χ3v) is 5.65. The maximum Gasteiger partial charge on any atom is 0.255 e. The summed E-state index contributed by atoms with van der Waals surface area (Å²) < 4.78 is 2.01. The highest BCUT2D eigenvalue weighted by atomic mass is 16.3. The highest BCUT2D eigenvalue weighted by Gasteiger charge is 2.31. The molecule has 1 fully saturated rings. The number of pyridine rings is 1. The molecule has 1 saturated heterocycles. The maximum atomic E-state index is 13.1. The Hall–Kier alpha value is -1.95. The molecule has 2 aromatic rings. The van der Waals surface area contributed by atoms with E-state index in [1.165, 1.54) is 17.7 Å². The summed E-state index contributed by atoms with van der Waals surface area (Å²) in [7, 11) is 0. The number of nitrogens with one attached hydrogen (secondary N) is 1. The largest absolute Gasteiger partial charge is 0.395 e. The number of aliphatic hydroxyl groups is 1. The first kappa shape index (κ1) is 17.5.